The van der Waals surface area contributed by atoms with Gasteiger partial charge in [0.2, 0.25) is 0 Å². The number of ether oxygens (including phenoxy) is 2. The SMILES string of the molecule is O=C(c1ccc(O)cc1)N1CCC2(CC(Oc3cccnc3)CO2)C1. The average Bonchev–Trinajstić information content (AvgIpc) is 3.23. The molecule has 2 aliphatic rings. The molecule has 1 aromatic carbocycles. The Morgan fingerprint density at radius 1 is 1.32 bits per heavy atom. The number of aromatic nitrogens is 1. The van der Waals surface area contributed by atoms with Gasteiger partial charge >= 0.3 is 0 Å². The van der Waals surface area contributed by atoms with Crippen LogP contribution in [0.3, 0.4) is 0 Å². The van der Waals surface area contributed by atoms with Crippen LogP contribution >= 0.6 is 0 Å². The topological polar surface area (TPSA) is 71.9 Å². The highest BCUT2D eigenvalue weighted by molar-refractivity contribution is 5.94. The minimum atomic E-state index is -0.320. The Labute approximate surface area is 146 Å². The van der Waals surface area contributed by atoms with Crippen molar-refractivity contribution < 1.29 is 19.4 Å². The summed E-state index contributed by atoms with van der Waals surface area (Å²) in [5.41, 5.74) is 0.260. The van der Waals surface area contributed by atoms with Crippen molar-refractivity contribution in [2.75, 3.05) is 19.7 Å². The van der Waals surface area contributed by atoms with Gasteiger partial charge in [-0.25, -0.2) is 0 Å². The van der Waals surface area contributed by atoms with Gasteiger partial charge < -0.3 is 19.5 Å². The van der Waals surface area contributed by atoms with E-state index in [1.807, 2.05) is 17.0 Å². The van der Waals surface area contributed by atoms with Crippen LogP contribution in [0.2, 0.25) is 0 Å². The maximum absolute atomic E-state index is 12.6. The van der Waals surface area contributed by atoms with E-state index in [-0.39, 0.29) is 23.4 Å². The molecule has 2 aliphatic heterocycles. The number of likely N-dealkylation sites (tertiary alicyclic amines) is 1. The minimum absolute atomic E-state index is 0.0204. The zero-order valence-electron chi connectivity index (χ0n) is 13.8. The molecule has 2 aromatic rings. The first-order valence-corrected chi connectivity index (χ1v) is 8.43. The van der Waals surface area contributed by atoms with Crippen LogP contribution < -0.4 is 4.74 Å². The highest BCUT2D eigenvalue weighted by Gasteiger charge is 2.47. The van der Waals surface area contributed by atoms with Crippen molar-refractivity contribution in [2.45, 2.75) is 24.5 Å². The van der Waals surface area contributed by atoms with Crippen LogP contribution in [-0.4, -0.2) is 52.3 Å². The van der Waals surface area contributed by atoms with Gasteiger partial charge in [-0.15, -0.1) is 0 Å². The molecule has 3 heterocycles. The molecule has 2 fully saturated rings. The fourth-order valence-electron chi connectivity index (χ4n) is 3.58. The van der Waals surface area contributed by atoms with E-state index >= 15 is 0 Å². The van der Waals surface area contributed by atoms with Crippen molar-refractivity contribution >= 4 is 5.91 Å². The summed E-state index contributed by atoms with van der Waals surface area (Å²) in [7, 11) is 0. The smallest absolute Gasteiger partial charge is 0.253 e. The maximum atomic E-state index is 12.6. The predicted molar refractivity (Wildman–Crippen MR) is 90.6 cm³/mol. The molecule has 1 aromatic heterocycles. The zero-order valence-corrected chi connectivity index (χ0v) is 13.8. The molecule has 1 spiro atoms. The Bertz CT molecular complexity index is 750. The first kappa shape index (κ1) is 15.9. The number of hydrogen-bond donors (Lipinski definition) is 1. The van der Waals surface area contributed by atoms with Crippen molar-refractivity contribution in [3.8, 4) is 11.5 Å². The number of benzene rings is 1. The number of amides is 1. The monoisotopic (exact) mass is 340 g/mol. The van der Waals surface area contributed by atoms with Gasteiger partial charge in [-0.05, 0) is 42.8 Å². The van der Waals surface area contributed by atoms with Gasteiger partial charge in [0.1, 0.15) is 17.6 Å². The highest BCUT2D eigenvalue weighted by atomic mass is 16.6. The van der Waals surface area contributed by atoms with Crippen molar-refractivity contribution in [2.24, 2.45) is 0 Å². The van der Waals surface area contributed by atoms with Crippen molar-refractivity contribution in [3.05, 3.63) is 54.4 Å². The van der Waals surface area contributed by atoms with Crippen LogP contribution in [0.1, 0.15) is 23.2 Å². The van der Waals surface area contributed by atoms with E-state index in [1.165, 1.54) is 12.1 Å². The van der Waals surface area contributed by atoms with Crippen molar-refractivity contribution in [1.29, 1.82) is 0 Å². The van der Waals surface area contributed by atoms with Gasteiger partial charge in [0, 0.05) is 24.7 Å². The van der Waals surface area contributed by atoms with Crippen molar-refractivity contribution in [3.63, 3.8) is 0 Å². The van der Waals surface area contributed by atoms with Crippen LogP contribution in [0.5, 0.6) is 11.5 Å². The molecule has 2 atom stereocenters. The Hall–Kier alpha value is -2.60. The summed E-state index contributed by atoms with van der Waals surface area (Å²) in [5, 5.41) is 9.36. The van der Waals surface area contributed by atoms with E-state index in [0.717, 1.165) is 18.6 Å². The van der Waals surface area contributed by atoms with Crippen LogP contribution in [0, 0.1) is 0 Å². The lowest BCUT2D eigenvalue weighted by Crippen LogP contribution is -2.36. The number of aromatic hydroxyl groups is 1. The molecular formula is C19H20N2O4. The average molecular weight is 340 g/mol. The molecule has 1 amide bonds. The fourth-order valence-corrected chi connectivity index (χ4v) is 3.58. The molecule has 1 N–H and O–H groups in total. The summed E-state index contributed by atoms with van der Waals surface area (Å²) < 4.78 is 12.0. The number of rotatable bonds is 3. The van der Waals surface area contributed by atoms with Crippen LogP contribution in [0.4, 0.5) is 0 Å². The van der Waals surface area contributed by atoms with Crippen LogP contribution in [-0.2, 0) is 4.74 Å². The second-order valence-corrected chi connectivity index (χ2v) is 6.65. The molecule has 0 aliphatic carbocycles. The molecule has 0 radical (unpaired) electrons. The first-order chi connectivity index (χ1) is 12.1. The Morgan fingerprint density at radius 3 is 2.92 bits per heavy atom. The lowest BCUT2D eigenvalue weighted by Gasteiger charge is -2.23. The molecule has 0 bridgehead atoms. The summed E-state index contributed by atoms with van der Waals surface area (Å²) in [6.45, 7) is 1.76. The molecule has 25 heavy (non-hydrogen) atoms. The third-order valence-corrected chi connectivity index (χ3v) is 4.83. The number of carbonyl (C=O) groups is 1. The van der Waals surface area contributed by atoms with E-state index in [9.17, 15) is 9.90 Å². The standard InChI is InChI=1S/C19H20N2O4/c22-15-5-3-14(4-6-15)18(23)21-9-7-19(13-21)10-17(12-24-19)25-16-2-1-8-20-11-16/h1-6,8,11,17,22H,7,9-10,12-13H2. The lowest BCUT2D eigenvalue weighted by molar-refractivity contribution is 0.00995. The molecule has 6 nitrogen and oxygen atoms in total. The van der Waals surface area contributed by atoms with Gasteiger partial charge in [0.05, 0.1) is 24.9 Å². The van der Waals surface area contributed by atoms with E-state index < -0.39 is 0 Å². The van der Waals surface area contributed by atoms with Gasteiger partial charge in [-0.1, -0.05) is 0 Å². The van der Waals surface area contributed by atoms with E-state index in [1.54, 1.807) is 24.5 Å². The summed E-state index contributed by atoms with van der Waals surface area (Å²) in [6.07, 6.45) is 4.96. The Kier molecular flexibility index (Phi) is 4.05. The van der Waals surface area contributed by atoms with Crippen molar-refractivity contribution in [1.82, 2.24) is 9.88 Å². The van der Waals surface area contributed by atoms with Gasteiger partial charge in [0.15, 0.2) is 0 Å². The summed E-state index contributed by atoms with van der Waals surface area (Å²) in [4.78, 5) is 18.5. The predicted octanol–water partition coefficient (Wildman–Crippen LogP) is 2.24. The number of hydrogen-bond acceptors (Lipinski definition) is 5. The number of pyridine rings is 1. The third-order valence-electron chi connectivity index (χ3n) is 4.83. The van der Waals surface area contributed by atoms with Crippen LogP contribution in [0.15, 0.2) is 48.8 Å². The first-order valence-electron chi connectivity index (χ1n) is 8.43. The number of phenols is 1. The van der Waals surface area contributed by atoms with Crippen LogP contribution in [0.25, 0.3) is 0 Å². The molecule has 2 saturated heterocycles. The largest absolute Gasteiger partial charge is 0.508 e. The molecule has 2 unspecified atom stereocenters. The maximum Gasteiger partial charge on any atom is 0.253 e. The molecule has 4 rings (SSSR count). The third kappa shape index (κ3) is 3.30. The number of phenolic OH excluding ortho intramolecular Hbond substituents is 1. The fraction of sp³-hybridized carbons (Fsp3) is 0.368. The lowest BCUT2D eigenvalue weighted by atomic mass is 9.98. The Balaban J connectivity index is 1.38. The number of nitrogens with zero attached hydrogens (tertiary/aromatic N) is 2. The van der Waals surface area contributed by atoms with E-state index in [0.29, 0.717) is 25.3 Å². The van der Waals surface area contributed by atoms with E-state index in [2.05, 4.69) is 4.98 Å². The molecule has 130 valence electrons. The normalized spacial score (nSPS) is 25.4. The van der Waals surface area contributed by atoms with Gasteiger partial charge in [-0.2, -0.15) is 0 Å². The number of carbonyl (C=O) groups excluding carboxylic acids is 1. The van der Waals surface area contributed by atoms with Gasteiger partial charge in [0.25, 0.3) is 5.91 Å². The molecule has 0 saturated carbocycles. The quantitative estimate of drug-likeness (QED) is 0.928. The summed E-state index contributed by atoms with van der Waals surface area (Å²) >= 11 is 0. The summed E-state index contributed by atoms with van der Waals surface area (Å²) in [6, 6.07) is 10.1. The zero-order chi connectivity index (χ0) is 17.3. The van der Waals surface area contributed by atoms with Gasteiger partial charge in [-0.3, -0.25) is 9.78 Å². The molecule has 6 heteroatoms. The molecular weight excluding hydrogens is 320 g/mol. The van der Waals surface area contributed by atoms with E-state index in [4.69, 9.17) is 9.47 Å². The second kappa shape index (κ2) is 6.37. The minimum Gasteiger partial charge on any atom is -0.508 e. The summed E-state index contributed by atoms with van der Waals surface area (Å²) in [5.74, 6) is 0.865. The highest BCUT2D eigenvalue weighted by Crippen LogP contribution is 2.37. The Morgan fingerprint density at radius 2 is 2.16 bits per heavy atom. The second-order valence-electron chi connectivity index (χ2n) is 6.65.